The number of para-hydroxylation sites is 2. The second kappa shape index (κ2) is 7.52. The summed E-state index contributed by atoms with van der Waals surface area (Å²) >= 11 is 0. The van der Waals surface area contributed by atoms with Gasteiger partial charge in [-0.3, -0.25) is 0 Å². The first-order chi connectivity index (χ1) is 11.7. The quantitative estimate of drug-likeness (QED) is 0.568. The van der Waals surface area contributed by atoms with Crippen LogP contribution in [-0.4, -0.2) is 16.2 Å². The van der Waals surface area contributed by atoms with E-state index in [9.17, 15) is 0 Å². The third-order valence-corrected chi connectivity index (χ3v) is 4.64. The molecule has 3 aromatic rings. The van der Waals surface area contributed by atoms with E-state index >= 15 is 0 Å². The summed E-state index contributed by atoms with van der Waals surface area (Å²) < 4.78 is 8.31. The third kappa shape index (κ3) is 3.45. The summed E-state index contributed by atoms with van der Waals surface area (Å²) in [5.41, 5.74) is 4.86. The zero-order valence-electron chi connectivity index (χ0n) is 14.9. The first-order valence-corrected chi connectivity index (χ1v) is 8.84. The number of nitrogens with zero attached hydrogens (tertiary/aromatic N) is 2. The van der Waals surface area contributed by atoms with Crippen LogP contribution >= 0.6 is 0 Å². The highest BCUT2D eigenvalue weighted by Gasteiger charge is 2.08. The molecule has 0 amide bonds. The number of hydrogen-bond acceptors (Lipinski definition) is 2. The monoisotopic (exact) mass is 322 g/mol. The summed E-state index contributed by atoms with van der Waals surface area (Å²) in [5.74, 6) is 2.18. The van der Waals surface area contributed by atoms with Crippen molar-refractivity contribution in [3.8, 4) is 5.75 Å². The van der Waals surface area contributed by atoms with Gasteiger partial charge in [-0.05, 0) is 56.0 Å². The third-order valence-electron chi connectivity index (χ3n) is 4.64. The molecule has 1 heterocycles. The fraction of sp³-hybridized carbons (Fsp3) is 0.381. The zero-order chi connectivity index (χ0) is 16.9. The summed E-state index contributed by atoms with van der Waals surface area (Å²) in [6.45, 7) is 8.17. The van der Waals surface area contributed by atoms with E-state index in [4.69, 9.17) is 9.72 Å². The lowest BCUT2D eigenvalue weighted by Crippen LogP contribution is -2.06. The maximum absolute atomic E-state index is 5.96. The molecule has 0 aliphatic carbocycles. The molecule has 0 N–H and O–H groups in total. The van der Waals surface area contributed by atoms with Crippen molar-refractivity contribution < 1.29 is 4.74 Å². The molecule has 0 aliphatic heterocycles. The van der Waals surface area contributed by atoms with Gasteiger partial charge in [0.05, 0.1) is 17.6 Å². The average molecular weight is 322 g/mol. The van der Waals surface area contributed by atoms with E-state index in [2.05, 4.69) is 67.8 Å². The van der Waals surface area contributed by atoms with E-state index in [1.165, 1.54) is 22.5 Å². The average Bonchev–Trinajstić information content (AvgIpc) is 2.96. The molecule has 0 aliphatic rings. The van der Waals surface area contributed by atoms with Gasteiger partial charge in [0.25, 0.3) is 0 Å². The van der Waals surface area contributed by atoms with Gasteiger partial charge in [0.2, 0.25) is 0 Å². The van der Waals surface area contributed by atoms with E-state index in [1.807, 2.05) is 0 Å². The van der Waals surface area contributed by atoms with Crippen molar-refractivity contribution >= 4 is 11.0 Å². The molecule has 0 unspecified atom stereocenters. The molecule has 0 spiro atoms. The smallest absolute Gasteiger partial charge is 0.122 e. The Morgan fingerprint density at radius 2 is 1.83 bits per heavy atom. The molecule has 24 heavy (non-hydrogen) atoms. The summed E-state index contributed by atoms with van der Waals surface area (Å²) in [7, 11) is 0. The highest BCUT2D eigenvalue weighted by molar-refractivity contribution is 5.75. The molecule has 0 fully saturated rings. The molecule has 3 nitrogen and oxygen atoms in total. The van der Waals surface area contributed by atoms with Gasteiger partial charge < -0.3 is 9.30 Å². The lowest BCUT2D eigenvalue weighted by Gasteiger charge is -2.11. The van der Waals surface area contributed by atoms with Crippen molar-refractivity contribution in [2.24, 2.45) is 0 Å². The van der Waals surface area contributed by atoms with E-state index < -0.39 is 0 Å². The molecule has 126 valence electrons. The number of ether oxygens (including phenoxy) is 1. The number of fused-ring (bicyclic) bond motifs is 1. The number of hydrogen-bond donors (Lipinski definition) is 0. The van der Waals surface area contributed by atoms with Crippen LogP contribution in [0, 0.1) is 13.8 Å². The summed E-state index contributed by atoms with van der Waals surface area (Å²) in [6, 6.07) is 14.6. The maximum atomic E-state index is 5.96. The maximum Gasteiger partial charge on any atom is 0.122 e. The van der Waals surface area contributed by atoms with Crippen LogP contribution in [-0.2, 0) is 13.0 Å². The lowest BCUT2D eigenvalue weighted by molar-refractivity contribution is 0.301. The Labute approximate surface area is 144 Å². The molecule has 2 aromatic carbocycles. The van der Waals surface area contributed by atoms with Gasteiger partial charge in [0.1, 0.15) is 11.6 Å². The van der Waals surface area contributed by atoms with Gasteiger partial charge in [0.15, 0.2) is 0 Å². The molecule has 0 saturated heterocycles. The molecule has 3 heteroatoms. The lowest BCUT2D eigenvalue weighted by atomic mass is 10.1. The van der Waals surface area contributed by atoms with Crippen molar-refractivity contribution in [3.05, 3.63) is 59.4 Å². The Kier molecular flexibility index (Phi) is 5.19. The minimum Gasteiger partial charge on any atom is -0.493 e. The Morgan fingerprint density at radius 1 is 1.00 bits per heavy atom. The summed E-state index contributed by atoms with van der Waals surface area (Å²) in [4.78, 5) is 4.73. The molecule has 0 radical (unpaired) electrons. The zero-order valence-corrected chi connectivity index (χ0v) is 14.9. The van der Waals surface area contributed by atoms with Crippen LogP contribution < -0.4 is 4.74 Å². The Hall–Kier alpha value is -2.29. The van der Waals surface area contributed by atoms with E-state index in [0.29, 0.717) is 0 Å². The summed E-state index contributed by atoms with van der Waals surface area (Å²) in [6.07, 6.45) is 3.11. The number of benzene rings is 2. The molecule has 0 bridgehead atoms. The van der Waals surface area contributed by atoms with Gasteiger partial charge in [-0.2, -0.15) is 0 Å². The van der Waals surface area contributed by atoms with Gasteiger partial charge in [-0.15, -0.1) is 0 Å². The van der Waals surface area contributed by atoms with Crippen LogP contribution in [0.4, 0.5) is 0 Å². The summed E-state index contributed by atoms with van der Waals surface area (Å²) in [5, 5.41) is 0. The normalized spacial score (nSPS) is 11.1. The van der Waals surface area contributed by atoms with E-state index in [0.717, 1.165) is 43.7 Å². The van der Waals surface area contributed by atoms with Crippen LogP contribution in [0.2, 0.25) is 0 Å². The molecule has 1 aromatic heterocycles. The first kappa shape index (κ1) is 16.6. The van der Waals surface area contributed by atoms with Crippen molar-refractivity contribution in [1.29, 1.82) is 0 Å². The van der Waals surface area contributed by atoms with Crippen molar-refractivity contribution in [2.45, 2.75) is 46.6 Å². The molecular formula is C21H26N2O. The molecule has 0 atom stereocenters. The largest absolute Gasteiger partial charge is 0.493 e. The Balaban J connectivity index is 1.56. The number of imidazole rings is 1. The SMILES string of the molecule is CCc1nc2ccccc2n1CCCCOc1cccc(C)c1C. The highest BCUT2D eigenvalue weighted by atomic mass is 16.5. The van der Waals surface area contributed by atoms with E-state index in [1.54, 1.807) is 0 Å². The van der Waals surface area contributed by atoms with E-state index in [-0.39, 0.29) is 0 Å². The standard InChI is InChI=1S/C21H26N2O/c1-4-21-22-18-11-5-6-12-19(18)23(21)14-7-8-15-24-20-13-9-10-16(2)17(20)3/h5-6,9-13H,4,7-8,14-15H2,1-3H3. The number of aromatic nitrogens is 2. The van der Waals surface area contributed by atoms with Crippen molar-refractivity contribution in [2.75, 3.05) is 6.61 Å². The van der Waals surface area contributed by atoms with Gasteiger partial charge >= 0.3 is 0 Å². The van der Waals surface area contributed by atoms with Gasteiger partial charge in [-0.25, -0.2) is 4.98 Å². The number of rotatable bonds is 7. The fourth-order valence-corrected chi connectivity index (χ4v) is 3.08. The first-order valence-electron chi connectivity index (χ1n) is 8.84. The fourth-order valence-electron chi connectivity index (χ4n) is 3.08. The minimum absolute atomic E-state index is 0.762. The second-order valence-corrected chi connectivity index (χ2v) is 6.28. The second-order valence-electron chi connectivity index (χ2n) is 6.28. The van der Waals surface area contributed by atoms with Crippen molar-refractivity contribution in [3.63, 3.8) is 0 Å². The predicted molar refractivity (Wildman–Crippen MR) is 99.8 cm³/mol. The Morgan fingerprint density at radius 3 is 2.67 bits per heavy atom. The minimum atomic E-state index is 0.762. The van der Waals surface area contributed by atoms with Crippen LogP contribution in [0.1, 0.15) is 36.7 Å². The number of aryl methyl sites for hydroxylation is 3. The van der Waals surface area contributed by atoms with Gasteiger partial charge in [0, 0.05) is 13.0 Å². The van der Waals surface area contributed by atoms with Gasteiger partial charge in [-0.1, -0.05) is 31.2 Å². The van der Waals surface area contributed by atoms with Crippen LogP contribution in [0.15, 0.2) is 42.5 Å². The Bertz CT molecular complexity index is 820. The predicted octanol–water partition coefficient (Wildman–Crippen LogP) is 5.07. The van der Waals surface area contributed by atoms with Crippen LogP contribution in [0.25, 0.3) is 11.0 Å². The highest BCUT2D eigenvalue weighted by Crippen LogP contribution is 2.21. The number of unbranched alkanes of at least 4 members (excludes halogenated alkanes) is 1. The topological polar surface area (TPSA) is 27.1 Å². The molecule has 0 saturated carbocycles. The molecule has 3 rings (SSSR count). The van der Waals surface area contributed by atoms with Crippen LogP contribution in [0.3, 0.4) is 0 Å². The molecular weight excluding hydrogens is 296 g/mol. The van der Waals surface area contributed by atoms with Crippen LogP contribution in [0.5, 0.6) is 5.75 Å². The van der Waals surface area contributed by atoms with Crippen molar-refractivity contribution in [1.82, 2.24) is 9.55 Å².